The first kappa shape index (κ1) is 27.3. The van der Waals surface area contributed by atoms with Crippen LogP contribution in [-0.2, 0) is 25.5 Å². The molecule has 0 saturated heterocycles. The van der Waals surface area contributed by atoms with Gasteiger partial charge in [0.1, 0.15) is 17.7 Å². The second-order valence-corrected chi connectivity index (χ2v) is 12.5. The third-order valence-corrected chi connectivity index (χ3v) is 10.9. The Morgan fingerprint density at radius 3 is 2.68 bits per heavy atom. The van der Waals surface area contributed by atoms with E-state index in [9.17, 15) is 19.0 Å². The van der Waals surface area contributed by atoms with Crippen molar-refractivity contribution >= 4 is 30.1 Å². The van der Waals surface area contributed by atoms with Crippen molar-refractivity contribution in [2.24, 2.45) is 34.0 Å². The molecule has 1 aromatic rings. The fourth-order valence-corrected chi connectivity index (χ4v) is 8.40. The Hall–Kier alpha value is -2.23. The van der Waals surface area contributed by atoms with Gasteiger partial charge in [-0.25, -0.2) is 9.18 Å². The smallest absolute Gasteiger partial charge is 0.445 e. The number of hydrogen-bond acceptors (Lipinski definition) is 6. The molecule has 3 fully saturated rings. The molecule has 206 valence electrons. The van der Waals surface area contributed by atoms with E-state index in [1.807, 2.05) is 6.92 Å². The van der Waals surface area contributed by atoms with Gasteiger partial charge in [-0.1, -0.05) is 26.8 Å². The van der Waals surface area contributed by atoms with Crippen molar-refractivity contribution in [1.82, 2.24) is 0 Å². The molecule has 1 aromatic carbocycles. The standard InChI is InChI=1S/C29H39BFNO6/c1-7-27(4)14-23(38-26(34)32-21-13-19-18(12-20(21)31)15-37-30(19)35)28(5)16(2)8-10-29(17(3)25(27)33)11-9-22(36-6)24(28)29/h7,12-13,16-17,22-24,35H,1,8-11,14-15H2,2-6H3,(H,32,34)/t16-,17+,22-,23-,24-,27-,28+,29+/m1/s1. The van der Waals surface area contributed by atoms with Crippen LogP contribution in [0, 0.1) is 39.8 Å². The maximum absolute atomic E-state index is 14.8. The molecule has 0 radical (unpaired) electrons. The molecule has 0 unspecified atom stereocenters. The molecule has 1 aliphatic heterocycles. The van der Waals surface area contributed by atoms with E-state index in [0.717, 1.165) is 25.7 Å². The van der Waals surface area contributed by atoms with E-state index in [1.165, 1.54) is 12.1 Å². The van der Waals surface area contributed by atoms with Gasteiger partial charge in [-0.15, -0.1) is 6.58 Å². The number of rotatable bonds is 4. The van der Waals surface area contributed by atoms with Gasteiger partial charge in [0.25, 0.3) is 0 Å². The number of ketones is 1. The highest BCUT2D eigenvalue weighted by atomic mass is 19.1. The van der Waals surface area contributed by atoms with Gasteiger partial charge >= 0.3 is 13.2 Å². The number of allylic oxidation sites excluding steroid dienone is 1. The Kier molecular flexibility index (Phi) is 6.80. The monoisotopic (exact) mass is 527 g/mol. The molecule has 3 aliphatic carbocycles. The molecule has 2 N–H and O–H groups in total. The lowest BCUT2D eigenvalue weighted by atomic mass is 9.44. The molecule has 0 spiro atoms. The molecule has 5 rings (SSSR count). The van der Waals surface area contributed by atoms with E-state index in [4.69, 9.17) is 14.1 Å². The number of anilines is 1. The van der Waals surface area contributed by atoms with Crippen molar-refractivity contribution in [2.75, 3.05) is 12.4 Å². The average molecular weight is 527 g/mol. The lowest BCUT2D eigenvalue weighted by Crippen LogP contribution is -2.63. The third-order valence-electron chi connectivity index (χ3n) is 10.9. The second-order valence-electron chi connectivity index (χ2n) is 12.5. The summed E-state index contributed by atoms with van der Waals surface area (Å²) in [5.41, 5.74) is -0.747. The lowest BCUT2D eigenvalue weighted by Gasteiger charge is -2.61. The molecular formula is C29H39BFNO6. The molecule has 1 amide bonds. The van der Waals surface area contributed by atoms with Gasteiger partial charge in [0.05, 0.1) is 18.4 Å². The highest BCUT2D eigenvalue weighted by Gasteiger charge is 2.68. The summed E-state index contributed by atoms with van der Waals surface area (Å²) in [6, 6.07) is 2.64. The minimum absolute atomic E-state index is 0.0268. The van der Waals surface area contributed by atoms with Gasteiger partial charge in [-0.2, -0.15) is 0 Å². The molecular weight excluding hydrogens is 488 g/mol. The number of benzene rings is 1. The number of carbonyl (C=O) groups is 2. The first-order valence-electron chi connectivity index (χ1n) is 13.7. The van der Waals surface area contributed by atoms with Crippen LogP contribution in [0.4, 0.5) is 14.9 Å². The molecule has 8 atom stereocenters. The van der Waals surface area contributed by atoms with Crippen LogP contribution in [0.1, 0.15) is 65.4 Å². The van der Waals surface area contributed by atoms with Gasteiger partial charge in [0.2, 0.25) is 0 Å². The van der Waals surface area contributed by atoms with Gasteiger partial charge in [0.15, 0.2) is 0 Å². The SMILES string of the molecule is C=C[C@]1(C)C[C@@H](OC(=O)Nc2cc3c(cc2F)COB3O)[C@]2(C)[C@H](C)CC[C@]3(CC[C@@H](OC)[C@@H]32)[C@@H](C)C1=O. The molecule has 4 aliphatic rings. The van der Waals surface area contributed by atoms with Crippen LogP contribution in [0.15, 0.2) is 24.8 Å². The van der Waals surface area contributed by atoms with E-state index in [2.05, 4.69) is 32.7 Å². The Bertz CT molecular complexity index is 1160. The van der Waals surface area contributed by atoms with E-state index in [-0.39, 0.29) is 53.8 Å². The van der Waals surface area contributed by atoms with Crippen molar-refractivity contribution in [3.63, 3.8) is 0 Å². The summed E-state index contributed by atoms with van der Waals surface area (Å²) in [4.78, 5) is 27.4. The topological polar surface area (TPSA) is 94.1 Å². The molecule has 1 heterocycles. The highest BCUT2D eigenvalue weighted by Crippen LogP contribution is 2.68. The number of halogens is 1. The number of fused-ring (bicyclic) bond motifs is 1. The minimum Gasteiger partial charge on any atom is -0.445 e. The quantitative estimate of drug-likeness (QED) is 0.439. The molecule has 2 bridgehead atoms. The minimum atomic E-state index is -1.17. The predicted octanol–water partition coefficient (Wildman–Crippen LogP) is 4.61. The van der Waals surface area contributed by atoms with Crippen LogP contribution in [-0.4, -0.2) is 43.3 Å². The summed E-state index contributed by atoms with van der Waals surface area (Å²) >= 11 is 0. The van der Waals surface area contributed by atoms with E-state index < -0.39 is 36.0 Å². The van der Waals surface area contributed by atoms with E-state index in [0.29, 0.717) is 11.0 Å². The number of methoxy groups -OCH3 is 1. The molecule has 0 aromatic heterocycles. The van der Waals surface area contributed by atoms with Gasteiger partial charge in [-0.3, -0.25) is 10.1 Å². The predicted molar refractivity (Wildman–Crippen MR) is 142 cm³/mol. The Labute approximate surface area is 224 Å². The van der Waals surface area contributed by atoms with Crippen molar-refractivity contribution in [1.29, 1.82) is 0 Å². The Morgan fingerprint density at radius 1 is 1.29 bits per heavy atom. The van der Waals surface area contributed by atoms with Crippen molar-refractivity contribution < 1.29 is 33.1 Å². The lowest BCUT2D eigenvalue weighted by molar-refractivity contribution is -0.188. The number of amides is 1. The first-order chi connectivity index (χ1) is 17.9. The van der Waals surface area contributed by atoms with Crippen LogP contribution in [0.25, 0.3) is 0 Å². The fourth-order valence-electron chi connectivity index (χ4n) is 8.40. The number of hydrogen-bond donors (Lipinski definition) is 2. The van der Waals surface area contributed by atoms with Gasteiger partial charge < -0.3 is 19.2 Å². The van der Waals surface area contributed by atoms with E-state index >= 15 is 0 Å². The second kappa shape index (κ2) is 9.45. The largest absolute Gasteiger partial charge is 0.491 e. The van der Waals surface area contributed by atoms with Crippen LogP contribution < -0.4 is 10.8 Å². The summed E-state index contributed by atoms with van der Waals surface area (Å²) in [5.74, 6) is -0.459. The maximum Gasteiger partial charge on any atom is 0.491 e. The molecule has 7 nitrogen and oxygen atoms in total. The summed E-state index contributed by atoms with van der Waals surface area (Å²) in [6.45, 7) is 12.4. The fraction of sp³-hybridized carbons (Fsp3) is 0.655. The van der Waals surface area contributed by atoms with E-state index in [1.54, 1.807) is 13.2 Å². The molecule has 3 saturated carbocycles. The van der Waals surface area contributed by atoms with Gasteiger partial charge in [-0.05, 0) is 67.1 Å². The van der Waals surface area contributed by atoms with Crippen molar-refractivity contribution in [2.45, 2.75) is 78.6 Å². The van der Waals surface area contributed by atoms with Crippen molar-refractivity contribution in [3.05, 3.63) is 36.2 Å². The zero-order chi connectivity index (χ0) is 27.6. The zero-order valence-electron chi connectivity index (χ0n) is 23.0. The third kappa shape index (κ3) is 3.87. The summed E-state index contributed by atoms with van der Waals surface area (Å²) in [5, 5.41) is 12.6. The zero-order valence-corrected chi connectivity index (χ0v) is 23.0. The van der Waals surface area contributed by atoms with Gasteiger partial charge in [0, 0.05) is 36.2 Å². The Morgan fingerprint density at radius 2 is 2.00 bits per heavy atom. The summed E-state index contributed by atoms with van der Waals surface area (Å²) in [7, 11) is 0.557. The van der Waals surface area contributed by atoms with Crippen molar-refractivity contribution in [3.8, 4) is 0 Å². The van der Waals surface area contributed by atoms with Crippen LogP contribution in [0.5, 0.6) is 0 Å². The summed E-state index contributed by atoms with van der Waals surface area (Å²) < 4.78 is 32.2. The van der Waals surface area contributed by atoms with Crippen LogP contribution in [0.2, 0.25) is 0 Å². The first-order valence-corrected chi connectivity index (χ1v) is 13.7. The number of Topliss-reactive ketones (excluding diaryl/α,β-unsaturated/α-hetero) is 1. The number of nitrogens with one attached hydrogen (secondary N) is 1. The number of ether oxygens (including phenoxy) is 2. The average Bonchev–Trinajstić information content (AvgIpc) is 3.46. The maximum atomic E-state index is 14.8. The number of carbonyl (C=O) groups excluding carboxylic acids is 2. The van der Waals surface area contributed by atoms with Crippen LogP contribution >= 0.6 is 0 Å². The van der Waals surface area contributed by atoms with Crippen LogP contribution in [0.3, 0.4) is 0 Å². The normalized spacial score (nSPS) is 40.1. The molecule has 38 heavy (non-hydrogen) atoms. The Balaban J connectivity index is 1.53. The molecule has 9 heteroatoms. The summed E-state index contributed by atoms with van der Waals surface area (Å²) in [6.07, 6.45) is 4.10. The highest BCUT2D eigenvalue weighted by molar-refractivity contribution is 6.61.